The summed E-state index contributed by atoms with van der Waals surface area (Å²) in [5.41, 5.74) is 1.37. The molecular weight excluding hydrogens is 186 g/mol. The Morgan fingerprint density at radius 3 is 2.60 bits per heavy atom. The van der Waals surface area contributed by atoms with Gasteiger partial charge < -0.3 is 4.90 Å². The zero-order valence-corrected chi connectivity index (χ0v) is 9.52. The summed E-state index contributed by atoms with van der Waals surface area (Å²) >= 11 is 0. The standard InChI is InChI=1S/C13H19NO/c1-12(8-9-14(2)11-15)10-13-6-4-3-5-7-13/h3-7,11-12H,8-10H2,1-2H3. The Morgan fingerprint density at radius 1 is 1.33 bits per heavy atom. The molecule has 0 saturated heterocycles. The molecule has 0 N–H and O–H groups in total. The minimum Gasteiger partial charge on any atom is -0.348 e. The quantitative estimate of drug-likeness (QED) is 0.653. The molecule has 1 aromatic carbocycles. The number of carbonyl (C=O) groups excluding carboxylic acids is 1. The molecule has 1 rings (SSSR count). The zero-order chi connectivity index (χ0) is 11.1. The van der Waals surface area contributed by atoms with Crippen molar-refractivity contribution < 1.29 is 4.79 Å². The van der Waals surface area contributed by atoms with E-state index < -0.39 is 0 Å². The van der Waals surface area contributed by atoms with Crippen molar-refractivity contribution in [1.29, 1.82) is 0 Å². The molecular formula is C13H19NO. The first-order valence-electron chi connectivity index (χ1n) is 5.42. The van der Waals surface area contributed by atoms with Gasteiger partial charge in [-0.25, -0.2) is 0 Å². The SMILES string of the molecule is CC(CCN(C)C=O)Cc1ccccc1. The number of nitrogens with zero attached hydrogens (tertiary/aromatic N) is 1. The smallest absolute Gasteiger partial charge is 0.209 e. The average Bonchev–Trinajstić information content (AvgIpc) is 2.27. The van der Waals surface area contributed by atoms with E-state index in [1.165, 1.54) is 5.56 Å². The fraction of sp³-hybridized carbons (Fsp3) is 0.462. The number of hydrogen-bond acceptors (Lipinski definition) is 1. The highest BCUT2D eigenvalue weighted by Gasteiger charge is 2.04. The van der Waals surface area contributed by atoms with Crippen LogP contribution in [0.25, 0.3) is 0 Å². The molecule has 0 radical (unpaired) electrons. The van der Waals surface area contributed by atoms with Crippen molar-refractivity contribution in [2.45, 2.75) is 19.8 Å². The summed E-state index contributed by atoms with van der Waals surface area (Å²) in [7, 11) is 1.82. The molecule has 2 nitrogen and oxygen atoms in total. The highest BCUT2D eigenvalue weighted by molar-refractivity contribution is 5.46. The van der Waals surface area contributed by atoms with Gasteiger partial charge in [-0.15, -0.1) is 0 Å². The Morgan fingerprint density at radius 2 is 2.00 bits per heavy atom. The van der Waals surface area contributed by atoms with E-state index in [2.05, 4.69) is 31.2 Å². The third kappa shape index (κ3) is 4.63. The first-order valence-corrected chi connectivity index (χ1v) is 5.42. The second-order valence-electron chi connectivity index (χ2n) is 4.17. The minimum absolute atomic E-state index is 0.620. The van der Waals surface area contributed by atoms with Crippen molar-refractivity contribution in [1.82, 2.24) is 4.90 Å². The van der Waals surface area contributed by atoms with E-state index >= 15 is 0 Å². The van der Waals surface area contributed by atoms with Crippen molar-refractivity contribution in [2.24, 2.45) is 5.92 Å². The van der Waals surface area contributed by atoms with Crippen LogP contribution >= 0.6 is 0 Å². The van der Waals surface area contributed by atoms with Gasteiger partial charge in [0, 0.05) is 13.6 Å². The molecule has 0 aliphatic rings. The Bertz CT molecular complexity index is 284. The van der Waals surface area contributed by atoms with Gasteiger partial charge in [0.05, 0.1) is 0 Å². The van der Waals surface area contributed by atoms with Crippen LogP contribution in [0.15, 0.2) is 30.3 Å². The molecule has 1 unspecified atom stereocenters. The van der Waals surface area contributed by atoms with Crippen molar-refractivity contribution in [3.63, 3.8) is 0 Å². The van der Waals surface area contributed by atoms with Crippen molar-refractivity contribution in [2.75, 3.05) is 13.6 Å². The van der Waals surface area contributed by atoms with Gasteiger partial charge in [-0.05, 0) is 24.3 Å². The average molecular weight is 205 g/mol. The highest BCUT2D eigenvalue weighted by Crippen LogP contribution is 2.11. The molecule has 82 valence electrons. The van der Waals surface area contributed by atoms with Gasteiger partial charge >= 0.3 is 0 Å². The maximum absolute atomic E-state index is 10.4. The number of rotatable bonds is 6. The third-order valence-electron chi connectivity index (χ3n) is 2.58. The van der Waals surface area contributed by atoms with E-state index in [0.717, 1.165) is 25.8 Å². The van der Waals surface area contributed by atoms with Crippen LogP contribution in [-0.4, -0.2) is 24.9 Å². The summed E-state index contributed by atoms with van der Waals surface area (Å²) in [5, 5.41) is 0. The van der Waals surface area contributed by atoms with Crippen LogP contribution in [0, 0.1) is 5.92 Å². The van der Waals surface area contributed by atoms with E-state index in [1.807, 2.05) is 13.1 Å². The summed E-state index contributed by atoms with van der Waals surface area (Å²) in [6, 6.07) is 10.5. The predicted octanol–water partition coefficient (Wildman–Crippen LogP) is 2.34. The van der Waals surface area contributed by atoms with Crippen molar-refractivity contribution in [3.05, 3.63) is 35.9 Å². The summed E-state index contributed by atoms with van der Waals surface area (Å²) < 4.78 is 0. The Kier molecular flexibility index (Phi) is 4.88. The van der Waals surface area contributed by atoms with Crippen LogP contribution in [-0.2, 0) is 11.2 Å². The van der Waals surface area contributed by atoms with Crippen LogP contribution in [0.1, 0.15) is 18.9 Å². The summed E-state index contributed by atoms with van der Waals surface area (Å²) in [6.45, 7) is 3.07. The number of carbonyl (C=O) groups is 1. The first kappa shape index (κ1) is 11.8. The molecule has 1 aromatic rings. The Labute approximate surface area is 91.9 Å². The molecule has 1 atom stereocenters. The molecule has 0 aromatic heterocycles. The molecule has 0 aliphatic carbocycles. The second kappa shape index (κ2) is 6.23. The molecule has 0 heterocycles. The topological polar surface area (TPSA) is 20.3 Å². The van der Waals surface area contributed by atoms with Gasteiger partial charge in [0.2, 0.25) is 6.41 Å². The van der Waals surface area contributed by atoms with Crippen LogP contribution < -0.4 is 0 Å². The maximum Gasteiger partial charge on any atom is 0.209 e. The lowest BCUT2D eigenvalue weighted by Gasteiger charge is -2.15. The van der Waals surface area contributed by atoms with E-state index in [1.54, 1.807) is 4.90 Å². The predicted molar refractivity (Wildman–Crippen MR) is 62.6 cm³/mol. The molecule has 0 bridgehead atoms. The van der Waals surface area contributed by atoms with Gasteiger partial charge in [-0.1, -0.05) is 37.3 Å². The fourth-order valence-electron chi connectivity index (χ4n) is 1.60. The van der Waals surface area contributed by atoms with E-state index in [0.29, 0.717) is 5.92 Å². The van der Waals surface area contributed by atoms with Crippen LogP contribution in [0.2, 0.25) is 0 Å². The molecule has 1 amide bonds. The third-order valence-corrected chi connectivity index (χ3v) is 2.58. The molecule has 0 fully saturated rings. The van der Waals surface area contributed by atoms with E-state index in [4.69, 9.17) is 0 Å². The van der Waals surface area contributed by atoms with Gasteiger partial charge in [0.15, 0.2) is 0 Å². The second-order valence-corrected chi connectivity index (χ2v) is 4.17. The Balaban J connectivity index is 2.30. The minimum atomic E-state index is 0.620. The monoisotopic (exact) mass is 205 g/mol. The van der Waals surface area contributed by atoms with E-state index in [9.17, 15) is 4.79 Å². The van der Waals surface area contributed by atoms with Gasteiger partial charge in [0.25, 0.3) is 0 Å². The lowest BCUT2D eigenvalue weighted by Crippen LogP contribution is -2.19. The fourth-order valence-corrected chi connectivity index (χ4v) is 1.60. The number of amides is 1. The summed E-state index contributed by atoms with van der Waals surface area (Å²) in [6.07, 6.45) is 3.03. The zero-order valence-electron chi connectivity index (χ0n) is 9.52. The number of benzene rings is 1. The summed E-state index contributed by atoms with van der Waals surface area (Å²) in [4.78, 5) is 12.1. The summed E-state index contributed by atoms with van der Waals surface area (Å²) in [5.74, 6) is 0.620. The highest BCUT2D eigenvalue weighted by atomic mass is 16.1. The van der Waals surface area contributed by atoms with Crippen molar-refractivity contribution in [3.8, 4) is 0 Å². The van der Waals surface area contributed by atoms with Crippen molar-refractivity contribution >= 4 is 6.41 Å². The van der Waals surface area contributed by atoms with Crippen LogP contribution in [0.4, 0.5) is 0 Å². The van der Waals surface area contributed by atoms with E-state index in [-0.39, 0.29) is 0 Å². The largest absolute Gasteiger partial charge is 0.348 e. The van der Waals surface area contributed by atoms with Gasteiger partial charge in [-0.3, -0.25) is 4.79 Å². The van der Waals surface area contributed by atoms with Crippen LogP contribution in [0.5, 0.6) is 0 Å². The maximum atomic E-state index is 10.4. The molecule has 15 heavy (non-hydrogen) atoms. The molecule has 2 heteroatoms. The normalized spacial score (nSPS) is 12.1. The lowest BCUT2D eigenvalue weighted by atomic mass is 9.98. The first-order chi connectivity index (χ1) is 7.22. The molecule has 0 aliphatic heterocycles. The van der Waals surface area contributed by atoms with Gasteiger partial charge in [-0.2, -0.15) is 0 Å². The van der Waals surface area contributed by atoms with Gasteiger partial charge in [0.1, 0.15) is 0 Å². The molecule has 0 saturated carbocycles. The molecule has 0 spiro atoms. The lowest BCUT2D eigenvalue weighted by molar-refractivity contribution is -0.117. The Hall–Kier alpha value is -1.31. The number of hydrogen-bond donors (Lipinski definition) is 0. The van der Waals surface area contributed by atoms with Crippen LogP contribution in [0.3, 0.4) is 0 Å².